The number of rotatable bonds is 12. The molecule has 0 fully saturated rings. The van der Waals surface area contributed by atoms with Crippen LogP contribution in [-0.4, -0.2) is 17.0 Å². The topological polar surface area (TPSA) is 75.0 Å². The van der Waals surface area contributed by atoms with Crippen molar-refractivity contribution in [1.29, 1.82) is 5.26 Å². The van der Waals surface area contributed by atoms with E-state index < -0.39 is 11.4 Å². The fourth-order valence-electron chi connectivity index (χ4n) is 4.60. The van der Waals surface area contributed by atoms with Crippen molar-refractivity contribution in [3.8, 4) is 11.8 Å². The summed E-state index contributed by atoms with van der Waals surface area (Å²) in [5.74, 6) is 0.541. The van der Waals surface area contributed by atoms with Crippen LogP contribution in [0.5, 0.6) is 5.75 Å². The van der Waals surface area contributed by atoms with Crippen molar-refractivity contribution < 1.29 is 9.53 Å². The standard InChI is InChI=1S/C35H41N3O2S2/c1-8-27(40-28-20-19-23(34(4,5)9-2)21-24(28)35(6,7)10-3)32(39)37-25-15-11-13-17-29(25)41-31(22-36)33-38-26-16-12-14-18-30(26)42-33/h11-21,27,31H,8-10H2,1-7H3,(H,37,39). The molecule has 0 spiro atoms. The number of aromatic nitrogens is 1. The first-order valence-electron chi connectivity index (χ1n) is 14.7. The van der Waals surface area contributed by atoms with Crippen LogP contribution in [0.1, 0.15) is 89.1 Å². The summed E-state index contributed by atoms with van der Waals surface area (Å²) in [7, 11) is 0. The van der Waals surface area contributed by atoms with E-state index in [2.05, 4.69) is 70.0 Å². The number of carbonyl (C=O) groups is 1. The Hall–Kier alpha value is -3.34. The zero-order chi connectivity index (χ0) is 30.5. The van der Waals surface area contributed by atoms with Crippen LogP contribution in [-0.2, 0) is 15.6 Å². The minimum absolute atomic E-state index is 0.0483. The summed E-state index contributed by atoms with van der Waals surface area (Å²) >= 11 is 2.92. The molecular weight excluding hydrogens is 559 g/mol. The largest absolute Gasteiger partial charge is 0.480 e. The maximum absolute atomic E-state index is 13.6. The molecule has 1 heterocycles. The first-order valence-corrected chi connectivity index (χ1v) is 16.4. The van der Waals surface area contributed by atoms with Gasteiger partial charge in [0.25, 0.3) is 5.91 Å². The molecule has 1 N–H and O–H groups in total. The molecule has 4 rings (SSSR count). The summed E-state index contributed by atoms with van der Waals surface area (Å²) in [5, 5.41) is 13.4. The number of thioether (sulfide) groups is 1. The summed E-state index contributed by atoms with van der Waals surface area (Å²) in [6.45, 7) is 15.3. The van der Waals surface area contributed by atoms with E-state index in [1.54, 1.807) is 0 Å². The molecule has 0 aliphatic carbocycles. The van der Waals surface area contributed by atoms with Crippen LogP contribution < -0.4 is 10.1 Å². The third-order valence-electron chi connectivity index (χ3n) is 8.23. The Kier molecular flexibility index (Phi) is 10.0. The van der Waals surface area contributed by atoms with Gasteiger partial charge in [0.15, 0.2) is 6.10 Å². The Morgan fingerprint density at radius 1 is 1.00 bits per heavy atom. The molecule has 3 aromatic carbocycles. The Bertz CT molecular complexity index is 1550. The van der Waals surface area contributed by atoms with Gasteiger partial charge in [-0.2, -0.15) is 5.26 Å². The highest BCUT2D eigenvalue weighted by Crippen LogP contribution is 2.42. The van der Waals surface area contributed by atoms with Gasteiger partial charge >= 0.3 is 0 Å². The second-order valence-electron chi connectivity index (χ2n) is 11.8. The fraction of sp³-hybridized carbons (Fsp3) is 0.400. The number of nitrogens with one attached hydrogen (secondary N) is 1. The number of benzene rings is 3. The molecule has 7 heteroatoms. The lowest BCUT2D eigenvalue weighted by atomic mass is 9.76. The van der Waals surface area contributed by atoms with Crippen LogP contribution >= 0.6 is 23.1 Å². The minimum atomic E-state index is -0.671. The molecule has 0 aliphatic heterocycles. The van der Waals surface area contributed by atoms with Crippen molar-refractivity contribution >= 4 is 44.9 Å². The number of carbonyl (C=O) groups excluding carboxylic acids is 1. The first-order chi connectivity index (χ1) is 20.0. The van der Waals surface area contributed by atoms with Gasteiger partial charge in [-0.25, -0.2) is 4.98 Å². The average molecular weight is 600 g/mol. The van der Waals surface area contributed by atoms with Gasteiger partial charge in [0, 0.05) is 10.5 Å². The first kappa shape index (κ1) is 31.6. The number of amides is 1. The van der Waals surface area contributed by atoms with Gasteiger partial charge in [0.2, 0.25) is 0 Å². The molecule has 0 radical (unpaired) electrons. The van der Waals surface area contributed by atoms with Crippen LogP contribution in [0.2, 0.25) is 0 Å². The number of hydrogen-bond donors (Lipinski definition) is 1. The van der Waals surface area contributed by atoms with Gasteiger partial charge in [-0.05, 0) is 66.0 Å². The third-order valence-corrected chi connectivity index (χ3v) is 10.7. The van der Waals surface area contributed by atoms with E-state index in [-0.39, 0.29) is 16.7 Å². The second kappa shape index (κ2) is 13.3. The van der Waals surface area contributed by atoms with Crippen molar-refractivity contribution in [2.45, 2.75) is 94.8 Å². The number of ether oxygens (including phenoxy) is 1. The summed E-state index contributed by atoms with van der Waals surface area (Å²) in [6.07, 6.45) is 1.82. The van der Waals surface area contributed by atoms with E-state index in [1.807, 2.05) is 61.5 Å². The molecule has 4 aromatic rings. The molecular formula is C35H41N3O2S2. The normalized spacial score (nSPS) is 13.4. The molecule has 1 amide bonds. The number of fused-ring (bicyclic) bond motifs is 1. The minimum Gasteiger partial charge on any atom is -0.480 e. The molecule has 5 nitrogen and oxygen atoms in total. The highest BCUT2D eigenvalue weighted by atomic mass is 32.2. The smallest absolute Gasteiger partial charge is 0.265 e. The number of nitriles is 1. The van der Waals surface area contributed by atoms with Crippen molar-refractivity contribution in [1.82, 2.24) is 4.98 Å². The molecule has 0 bridgehead atoms. The molecule has 42 heavy (non-hydrogen) atoms. The Labute approximate surface area is 258 Å². The molecule has 2 atom stereocenters. The van der Waals surface area contributed by atoms with Crippen molar-refractivity contribution in [3.05, 3.63) is 82.9 Å². The molecule has 2 unspecified atom stereocenters. The molecule has 0 saturated heterocycles. The molecule has 0 saturated carbocycles. The van der Waals surface area contributed by atoms with Gasteiger partial charge in [-0.15, -0.1) is 11.3 Å². The summed E-state index contributed by atoms with van der Waals surface area (Å²) < 4.78 is 7.53. The zero-order valence-electron chi connectivity index (χ0n) is 25.7. The zero-order valence-corrected chi connectivity index (χ0v) is 27.3. The van der Waals surface area contributed by atoms with Crippen molar-refractivity contribution in [2.24, 2.45) is 0 Å². The summed E-state index contributed by atoms with van der Waals surface area (Å²) in [5.41, 5.74) is 3.88. The lowest BCUT2D eigenvalue weighted by molar-refractivity contribution is -0.122. The summed E-state index contributed by atoms with van der Waals surface area (Å²) in [6, 6.07) is 24.3. The molecule has 0 aliphatic rings. The number of anilines is 1. The number of thiazole rings is 1. The average Bonchev–Trinajstić information content (AvgIpc) is 3.43. The van der Waals surface area contributed by atoms with Crippen LogP contribution in [0.15, 0.2) is 71.6 Å². The van der Waals surface area contributed by atoms with Gasteiger partial charge in [0.05, 0.1) is 22.0 Å². The van der Waals surface area contributed by atoms with E-state index in [9.17, 15) is 10.1 Å². The highest BCUT2D eigenvalue weighted by Gasteiger charge is 2.29. The molecule has 1 aromatic heterocycles. The third kappa shape index (κ3) is 6.99. The Morgan fingerprint density at radius 2 is 1.69 bits per heavy atom. The maximum Gasteiger partial charge on any atom is 0.265 e. The van der Waals surface area contributed by atoms with Gasteiger partial charge in [-0.1, -0.05) is 96.6 Å². The predicted molar refractivity (Wildman–Crippen MR) is 177 cm³/mol. The molecule has 220 valence electrons. The predicted octanol–water partition coefficient (Wildman–Crippen LogP) is 9.82. The second-order valence-corrected chi connectivity index (χ2v) is 14.0. The van der Waals surface area contributed by atoms with E-state index in [0.717, 1.165) is 44.3 Å². The van der Waals surface area contributed by atoms with Crippen LogP contribution in [0, 0.1) is 11.3 Å². The number of hydrogen-bond acceptors (Lipinski definition) is 6. The fourth-order valence-corrected chi connectivity index (χ4v) is 6.65. The summed E-state index contributed by atoms with van der Waals surface area (Å²) in [4.78, 5) is 19.1. The van der Waals surface area contributed by atoms with E-state index in [1.165, 1.54) is 28.7 Å². The van der Waals surface area contributed by atoms with Gasteiger partial charge in [0.1, 0.15) is 16.0 Å². The van der Waals surface area contributed by atoms with Gasteiger partial charge < -0.3 is 10.1 Å². The van der Waals surface area contributed by atoms with Gasteiger partial charge in [-0.3, -0.25) is 4.79 Å². The van der Waals surface area contributed by atoms with Crippen molar-refractivity contribution in [2.75, 3.05) is 5.32 Å². The lowest BCUT2D eigenvalue weighted by Crippen LogP contribution is -2.33. The number of para-hydroxylation sites is 2. The van der Waals surface area contributed by atoms with Crippen LogP contribution in [0.25, 0.3) is 10.2 Å². The highest BCUT2D eigenvalue weighted by molar-refractivity contribution is 8.00. The van der Waals surface area contributed by atoms with Crippen LogP contribution in [0.3, 0.4) is 0 Å². The van der Waals surface area contributed by atoms with Crippen molar-refractivity contribution in [3.63, 3.8) is 0 Å². The Balaban J connectivity index is 1.57. The maximum atomic E-state index is 13.6. The SMILES string of the molecule is CCC(Oc1ccc(C(C)(C)CC)cc1C(C)(C)CC)C(=O)Nc1ccccc1SC(C#N)c1nc2ccccc2s1. The van der Waals surface area contributed by atoms with E-state index >= 15 is 0 Å². The van der Waals surface area contributed by atoms with E-state index in [0.29, 0.717) is 12.1 Å². The quantitative estimate of drug-likeness (QED) is 0.164. The van der Waals surface area contributed by atoms with Crippen LogP contribution in [0.4, 0.5) is 5.69 Å². The van der Waals surface area contributed by atoms with E-state index in [4.69, 9.17) is 4.74 Å². The monoisotopic (exact) mass is 599 g/mol. The Morgan fingerprint density at radius 3 is 2.36 bits per heavy atom. The number of nitrogens with zero attached hydrogens (tertiary/aromatic N) is 2. The lowest BCUT2D eigenvalue weighted by Gasteiger charge is -2.31.